The number of hydrogen-bond acceptors (Lipinski definition) is 3. The Bertz CT molecular complexity index is 628. The van der Waals surface area contributed by atoms with E-state index in [0.29, 0.717) is 29.3 Å². The Balaban J connectivity index is 2.70. The molecule has 0 atom stereocenters. The van der Waals surface area contributed by atoms with Crippen molar-refractivity contribution in [2.24, 2.45) is 0 Å². The molecule has 3 nitrogen and oxygen atoms in total. The number of rotatable bonds is 8. The van der Waals surface area contributed by atoms with Gasteiger partial charge >= 0.3 is 0 Å². The highest BCUT2D eigenvalue weighted by molar-refractivity contribution is 6.48. The van der Waals surface area contributed by atoms with E-state index in [1.54, 1.807) is 37.5 Å². The number of nitrogen functional groups attached to an aromatic ring is 1. The zero-order valence-corrected chi connectivity index (χ0v) is 15.2. The zero-order valence-electron chi connectivity index (χ0n) is 13.0. The minimum Gasteiger partial charge on any atom is -0.397 e. The molecule has 0 saturated heterocycles. The monoisotopic (exact) mass is 371 g/mol. The van der Waals surface area contributed by atoms with Crippen molar-refractivity contribution in [3.05, 3.63) is 71.8 Å². The average molecular weight is 373 g/mol. The molecule has 3 N–H and O–H groups in total. The smallest absolute Gasteiger partial charge is 0.120 e. The molecule has 0 radical (unpaired) electrons. The third-order valence-electron chi connectivity index (χ3n) is 2.70. The second-order valence-electron chi connectivity index (χ2n) is 5.22. The molecule has 0 aliphatic rings. The van der Waals surface area contributed by atoms with Gasteiger partial charge in [0, 0.05) is 41.7 Å². The van der Waals surface area contributed by atoms with Crippen LogP contribution in [0, 0.1) is 0 Å². The van der Waals surface area contributed by atoms with Gasteiger partial charge in [0.25, 0.3) is 0 Å². The Morgan fingerprint density at radius 1 is 1.39 bits per heavy atom. The van der Waals surface area contributed by atoms with Crippen LogP contribution in [-0.4, -0.2) is 9.32 Å². The van der Waals surface area contributed by atoms with E-state index in [2.05, 4.69) is 23.5 Å². The van der Waals surface area contributed by atoms with E-state index in [0.717, 1.165) is 11.3 Å². The molecule has 0 aliphatic heterocycles. The van der Waals surface area contributed by atoms with Crippen molar-refractivity contribution in [2.75, 3.05) is 5.73 Å². The van der Waals surface area contributed by atoms with Crippen LogP contribution in [0.15, 0.2) is 66.3 Å². The Morgan fingerprint density at radius 3 is 2.65 bits per heavy atom. The number of nitrogens with two attached hydrogens (primary N) is 1. The van der Waals surface area contributed by atoms with Gasteiger partial charge in [0.2, 0.25) is 0 Å². The average Bonchev–Trinajstić information content (AvgIpc) is 2.41. The molecule has 1 aromatic rings. The van der Waals surface area contributed by atoms with Crippen molar-refractivity contribution in [3.8, 4) is 0 Å². The van der Waals surface area contributed by atoms with Gasteiger partial charge in [-0.25, -0.2) is 0 Å². The summed E-state index contributed by atoms with van der Waals surface area (Å²) in [6, 6.07) is 1.84. The minimum atomic E-state index is -0.871. The summed E-state index contributed by atoms with van der Waals surface area (Å²) < 4.78 is -0.871. The number of nitrogens with one attached hydrogen (secondary N) is 1. The fraction of sp³-hybridized carbons (Fsp3) is 0.235. The number of alkyl halides is 2. The molecule has 0 amide bonds. The Morgan fingerprint density at radius 2 is 2.09 bits per heavy atom. The maximum Gasteiger partial charge on any atom is 0.120 e. The highest BCUT2D eigenvalue weighted by atomic mass is 35.5. The molecule has 0 aromatic carbocycles. The van der Waals surface area contributed by atoms with Crippen molar-refractivity contribution in [1.82, 2.24) is 10.3 Å². The van der Waals surface area contributed by atoms with E-state index in [4.69, 9.17) is 40.5 Å². The highest BCUT2D eigenvalue weighted by Gasteiger charge is 2.17. The van der Waals surface area contributed by atoms with Gasteiger partial charge in [0.15, 0.2) is 0 Å². The molecule has 0 fully saturated rings. The number of pyridine rings is 1. The summed E-state index contributed by atoms with van der Waals surface area (Å²) in [5, 5.41) is 3.74. The molecule has 0 saturated carbocycles. The standard InChI is InChI=1S/C17H20Cl3N3/c1-4-16(23-12(2)9-17(3,19)20)6-5-14(18)7-13-8-15(21)11-22-10-13/h4-6,8,10-11,23H,1-2,7,9,21H2,3H3/b14-5+,16-6+. The second kappa shape index (κ2) is 9.02. The fourth-order valence-corrected chi connectivity index (χ4v) is 2.36. The van der Waals surface area contributed by atoms with Gasteiger partial charge in [-0.2, -0.15) is 0 Å². The first-order valence-electron chi connectivity index (χ1n) is 6.90. The molecule has 0 unspecified atom stereocenters. The normalized spacial score (nSPS) is 12.9. The second-order valence-corrected chi connectivity index (χ2v) is 7.57. The summed E-state index contributed by atoms with van der Waals surface area (Å²) in [7, 11) is 0. The lowest BCUT2D eigenvalue weighted by Gasteiger charge is -2.16. The maximum absolute atomic E-state index is 6.23. The molecule has 0 spiro atoms. The van der Waals surface area contributed by atoms with Gasteiger partial charge in [0.05, 0.1) is 5.69 Å². The van der Waals surface area contributed by atoms with Crippen LogP contribution in [0.2, 0.25) is 0 Å². The van der Waals surface area contributed by atoms with Crippen LogP contribution in [0.1, 0.15) is 18.9 Å². The van der Waals surface area contributed by atoms with Gasteiger partial charge in [-0.05, 0) is 36.8 Å². The van der Waals surface area contributed by atoms with Crippen LogP contribution in [0.4, 0.5) is 5.69 Å². The van der Waals surface area contributed by atoms with E-state index < -0.39 is 4.33 Å². The van der Waals surface area contributed by atoms with Crippen LogP contribution in [0.25, 0.3) is 0 Å². The van der Waals surface area contributed by atoms with Crippen molar-refractivity contribution < 1.29 is 0 Å². The summed E-state index contributed by atoms with van der Waals surface area (Å²) in [5.74, 6) is 0. The van der Waals surface area contributed by atoms with Crippen LogP contribution in [-0.2, 0) is 6.42 Å². The number of allylic oxidation sites excluding steroid dienone is 5. The number of nitrogens with zero attached hydrogens (tertiary/aromatic N) is 1. The van der Waals surface area contributed by atoms with E-state index in [1.165, 1.54) is 0 Å². The number of aromatic nitrogens is 1. The minimum absolute atomic E-state index is 0.410. The summed E-state index contributed by atoms with van der Waals surface area (Å²) in [5.41, 5.74) is 8.68. The molecular formula is C17H20Cl3N3. The van der Waals surface area contributed by atoms with Gasteiger partial charge in [-0.15, -0.1) is 23.2 Å². The lowest BCUT2D eigenvalue weighted by molar-refractivity contribution is 0.786. The van der Waals surface area contributed by atoms with Crippen molar-refractivity contribution in [3.63, 3.8) is 0 Å². The van der Waals surface area contributed by atoms with Crippen molar-refractivity contribution in [1.29, 1.82) is 0 Å². The first-order chi connectivity index (χ1) is 10.7. The van der Waals surface area contributed by atoms with Crippen LogP contribution in [0.5, 0.6) is 0 Å². The lowest BCUT2D eigenvalue weighted by Crippen LogP contribution is -2.17. The van der Waals surface area contributed by atoms with Gasteiger partial charge < -0.3 is 11.1 Å². The van der Waals surface area contributed by atoms with Crippen LogP contribution < -0.4 is 11.1 Å². The third kappa shape index (κ3) is 8.70. The molecule has 0 bridgehead atoms. The van der Waals surface area contributed by atoms with E-state index in [1.807, 2.05) is 6.07 Å². The first-order valence-corrected chi connectivity index (χ1v) is 8.04. The molecular weight excluding hydrogens is 353 g/mol. The quantitative estimate of drug-likeness (QED) is 0.494. The number of anilines is 1. The summed E-state index contributed by atoms with van der Waals surface area (Å²) >= 11 is 18.1. The molecule has 6 heteroatoms. The van der Waals surface area contributed by atoms with E-state index in [-0.39, 0.29) is 0 Å². The van der Waals surface area contributed by atoms with Crippen LogP contribution in [0.3, 0.4) is 0 Å². The summed E-state index contributed by atoms with van der Waals surface area (Å²) in [4.78, 5) is 4.03. The predicted molar refractivity (Wildman–Crippen MR) is 102 cm³/mol. The zero-order chi connectivity index (χ0) is 17.5. The molecule has 0 aliphatic carbocycles. The predicted octanol–water partition coefficient (Wildman–Crippen LogP) is 5.09. The highest BCUT2D eigenvalue weighted by Crippen LogP contribution is 2.26. The Labute approximate surface area is 152 Å². The molecule has 1 rings (SSSR count). The molecule has 1 aromatic heterocycles. The van der Waals surface area contributed by atoms with E-state index in [9.17, 15) is 0 Å². The Kier molecular flexibility index (Phi) is 7.69. The SMILES string of the molecule is C=C/C(=C\C=C(\Cl)Cc1cncc(N)c1)NC(=C)CC(C)(Cl)Cl. The van der Waals surface area contributed by atoms with E-state index >= 15 is 0 Å². The maximum atomic E-state index is 6.23. The van der Waals surface area contributed by atoms with Gasteiger partial charge in [0.1, 0.15) is 4.33 Å². The van der Waals surface area contributed by atoms with Crippen molar-refractivity contribution >= 4 is 40.5 Å². The number of halogens is 3. The third-order valence-corrected chi connectivity index (χ3v) is 3.22. The first kappa shape index (κ1) is 19.6. The molecule has 124 valence electrons. The largest absolute Gasteiger partial charge is 0.397 e. The lowest BCUT2D eigenvalue weighted by atomic mass is 10.2. The summed E-state index contributed by atoms with van der Waals surface area (Å²) in [6.07, 6.45) is 9.52. The Hall–Kier alpha value is -1.42. The molecule has 23 heavy (non-hydrogen) atoms. The summed E-state index contributed by atoms with van der Waals surface area (Å²) in [6.45, 7) is 9.34. The van der Waals surface area contributed by atoms with Crippen LogP contribution >= 0.6 is 34.8 Å². The fourth-order valence-electron chi connectivity index (χ4n) is 1.82. The van der Waals surface area contributed by atoms with Gasteiger partial charge in [-0.1, -0.05) is 24.8 Å². The van der Waals surface area contributed by atoms with Gasteiger partial charge in [-0.3, -0.25) is 4.98 Å². The van der Waals surface area contributed by atoms with Crippen molar-refractivity contribution in [2.45, 2.75) is 24.1 Å². The number of hydrogen-bond donors (Lipinski definition) is 2. The molecule has 1 heterocycles. The topological polar surface area (TPSA) is 50.9 Å².